The summed E-state index contributed by atoms with van der Waals surface area (Å²) < 4.78 is 0. The van der Waals surface area contributed by atoms with Gasteiger partial charge in [-0.05, 0) is 44.4 Å². The average Bonchev–Trinajstić information content (AvgIpc) is 2.67. The summed E-state index contributed by atoms with van der Waals surface area (Å²) in [5.74, 6) is -1.31. The Morgan fingerprint density at radius 1 is 1.17 bits per heavy atom. The lowest BCUT2D eigenvalue weighted by molar-refractivity contribution is -0.131. The van der Waals surface area contributed by atoms with E-state index in [2.05, 4.69) is 11.4 Å². The number of carbonyl (C=O) groups is 1. The molecule has 1 fully saturated rings. The molecule has 3 unspecified atom stereocenters. The summed E-state index contributed by atoms with van der Waals surface area (Å²) in [4.78, 5) is 12.7. The molecule has 30 heavy (non-hydrogen) atoms. The summed E-state index contributed by atoms with van der Waals surface area (Å²) in [6.45, 7) is 6.85. The van der Waals surface area contributed by atoms with Gasteiger partial charge >= 0.3 is 0 Å². The number of allylic oxidation sites excluding steroid dienone is 4. The number of Topliss-reactive ketones (excluding diaryl/α,β-unsaturated/α-hetero) is 1. The van der Waals surface area contributed by atoms with E-state index in [9.17, 15) is 25.7 Å². The minimum atomic E-state index is -1.40. The largest absolute Gasteiger partial charge is 0.389 e. The van der Waals surface area contributed by atoms with Crippen LogP contribution in [0.15, 0.2) is 58.0 Å². The van der Waals surface area contributed by atoms with Crippen LogP contribution < -0.4 is 5.32 Å². The van der Waals surface area contributed by atoms with Crippen molar-refractivity contribution >= 4 is 5.78 Å². The SMILES string of the molecule is CC(=O)C1C(c2ccc(C)cc2)C2=C(C)NC(=C(C#N)C#N)C(C#N)=C2CC1(C)O. The van der Waals surface area contributed by atoms with Crippen LogP contribution in [0.2, 0.25) is 0 Å². The molecule has 1 heterocycles. The molecular formula is C24H22N4O2. The first kappa shape index (κ1) is 21.1. The Hall–Kier alpha value is -3.66. The number of rotatable bonds is 2. The minimum absolute atomic E-state index is 0.0739. The second-order valence-corrected chi connectivity index (χ2v) is 8.11. The Bertz CT molecular complexity index is 1130. The molecular weight excluding hydrogens is 376 g/mol. The maximum absolute atomic E-state index is 12.7. The number of ketones is 1. The zero-order chi connectivity index (χ0) is 22.2. The van der Waals surface area contributed by atoms with E-state index in [0.29, 0.717) is 11.3 Å². The highest BCUT2D eigenvalue weighted by Gasteiger charge is 2.50. The molecule has 2 N–H and O–H groups in total. The quantitative estimate of drug-likeness (QED) is 0.736. The lowest BCUT2D eigenvalue weighted by Gasteiger charge is -2.46. The van der Waals surface area contributed by atoms with E-state index in [1.54, 1.807) is 13.8 Å². The summed E-state index contributed by atoms with van der Waals surface area (Å²) in [6.07, 6.45) is 0.0739. The Balaban J connectivity index is 2.37. The molecule has 6 heteroatoms. The summed E-state index contributed by atoms with van der Waals surface area (Å²) in [6, 6.07) is 13.5. The van der Waals surface area contributed by atoms with Crippen molar-refractivity contribution in [3.63, 3.8) is 0 Å². The predicted molar refractivity (Wildman–Crippen MR) is 110 cm³/mol. The molecule has 0 amide bonds. The van der Waals surface area contributed by atoms with E-state index >= 15 is 0 Å². The molecule has 1 aliphatic carbocycles. The molecule has 1 aromatic rings. The van der Waals surface area contributed by atoms with Gasteiger partial charge in [-0.3, -0.25) is 4.79 Å². The third-order valence-corrected chi connectivity index (χ3v) is 5.90. The topological polar surface area (TPSA) is 121 Å². The van der Waals surface area contributed by atoms with Crippen molar-refractivity contribution in [1.29, 1.82) is 15.8 Å². The summed E-state index contributed by atoms with van der Waals surface area (Å²) in [5, 5.41) is 42.9. The number of nitrogens with one attached hydrogen (secondary N) is 1. The van der Waals surface area contributed by atoms with Gasteiger partial charge in [-0.15, -0.1) is 0 Å². The molecule has 6 nitrogen and oxygen atoms in total. The Morgan fingerprint density at radius 3 is 2.27 bits per heavy atom. The Labute approximate surface area is 176 Å². The Morgan fingerprint density at radius 2 is 1.77 bits per heavy atom. The maximum atomic E-state index is 12.7. The van der Waals surface area contributed by atoms with Crippen LogP contribution in [0, 0.1) is 46.8 Å². The van der Waals surface area contributed by atoms with Gasteiger partial charge in [-0.25, -0.2) is 0 Å². The summed E-state index contributed by atoms with van der Waals surface area (Å²) >= 11 is 0. The van der Waals surface area contributed by atoms with Gasteiger partial charge < -0.3 is 10.4 Å². The van der Waals surface area contributed by atoms with Crippen molar-refractivity contribution in [2.75, 3.05) is 0 Å². The second-order valence-electron chi connectivity index (χ2n) is 8.11. The fourth-order valence-corrected chi connectivity index (χ4v) is 4.68. The number of nitriles is 3. The summed E-state index contributed by atoms with van der Waals surface area (Å²) in [5.41, 5.74) is 2.64. The van der Waals surface area contributed by atoms with Gasteiger partial charge in [0.1, 0.15) is 24.0 Å². The van der Waals surface area contributed by atoms with Gasteiger partial charge in [0.05, 0.1) is 22.8 Å². The van der Waals surface area contributed by atoms with Crippen LogP contribution in [0.5, 0.6) is 0 Å². The number of nitrogens with zero attached hydrogens (tertiary/aromatic N) is 3. The van der Waals surface area contributed by atoms with Crippen molar-refractivity contribution in [3.05, 3.63) is 69.1 Å². The number of hydrogen-bond donors (Lipinski definition) is 2. The van der Waals surface area contributed by atoms with Crippen LogP contribution in [0.25, 0.3) is 0 Å². The molecule has 0 radical (unpaired) electrons. The van der Waals surface area contributed by atoms with Gasteiger partial charge in [0.2, 0.25) is 0 Å². The molecule has 0 saturated heterocycles. The fourth-order valence-electron chi connectivity index (χ4n) is 4.68. The maximum Gasteiger partial charge on any atom is 0.154 e. The monoisotopic (exact) mass is 398 g/mol. The molecule has 1 aliphatic heterocycles. The predicted octanol–water partition coefficient (Wildman–Crippen LogP) is 3.44. The van der Waals surface area contributed by atoms with E-state index in [4.69, 9.17) is 0 Å². The highest BCUT2D eigenvalue weighted by molar-refractivity contribution is 5.83. The van der Waals surface area contributed by atoms with Crippen molar-refractivity contribution in [2.45, 2.75) is 45.6 Å². The molecule has 0 bridgehead atoms. The van der Waals surface area contributed by atoms with Crippen LogP contribution in [-0.4, -0.2) is 16.5 Å². The molecule has 3 atom stereocenters. The van der Waals surface area contributed by atoms with E-state index in [0.717, 1.165) is 16.7 Å². The van der Waals surface area contributed by atoms with Crippen LogP contribution in [-0.2, 0) is 4.79 Å². The van der Waals surface area contributed by atoms with E-state index in [1.807, 2.05) is 43.3 Å². The van der Waals surface area contributed by atoms with Gasteiger partial charge in [0.15, 0.2) is 5.57 Å². The van der Waals surface area contributed by atoms with Crippen molar-refractivity contribution in [1.82, 2.24) is 5.32 Å². The van der Waals surface area contributed by atoms with Gasteiger partial charge in [-0.1, -0.05) is 29.8 Å². The van der Waals surface area contributed by atoms with E-state index in [1.165, 1.54) is 6.92 Å². The number of aliphatic hydroxyl groups is 1. The van der Waals surface area contributed by atoms with E-state index in [-0.39, 0.29) is 29.0 Å². The first-order chi connectivity index (χ1) is 14.2. The number of fused-ring (bicyclic) bond motifs is 1. The Kier molecular flexibility index (Phi) is 5.36. The molecule has 3 rings (SSSR count). The van der Waals surface area contributed by atoms with E-state index < -0.39 is 17.4 Å². The number of hydrogen-bond acceptors (Lipinski definition) is 6. The number of aryl methyl sites for hydroxylation is 1. The van der Waals surface area contributed by atoms with Crippen LogP contribution >= 0.6 is 0 Å². The van der Waals surface area contributed by atoms with Crippen LogP contribution in [0.3, 0.4) is 0 Å². The fraction of sp³-hybridized carbons (Fsp3) is 0.333. The van der Waals surface area contributed by atoms with Gasteiger partial charge in [0.25, 0.3) is 0 Å². The molecule has 150 valence electrons. The number of dihydropyridines is 1. The highest BCUT2D eigenvalue weighted by Crippen LogP contribution is 2.53. The van der Waals surface area contributed by atoms with Crippen molar-refractivity contribution < 1.29 is 9.90 Å². The standard InChI is InChI=1S/C24H22N4O2/c1-13-5-7-16(8-6-13)21-20-14(2)28-23(17(10-25)11-26)19(12-27)18(20)9-24(4,30)22(21)15(3)29/h5-8,21-22,28,30H,9H2,1-4H3. The van der Waals surface area contributed by atoms with Crippen LogP contribution in [0.1, 0.15) is 44.2 Å². The highest BCUT2D eigenvalue weighted by atomic mass is 16.3. The van der Waals surface area contributed by atoms with Crippen molar-refractivity contribution in [2.24, 2.45) is 5.92 Å². The lowest BCUT2D eigenvalue weighted by atomic mass is 9.60. The number of carbonyl (C=O) groups excluding carboxylic acids is 1. The zero-order valence-corrected chi connectivity index (χ0v) is 17.4. The lowest BCUT2D eigenvalue weighted by Crippen LogP contribution is -2.48. The summed E-state index contributed by atoms with van der Waals surface area (Å²) in [7, 11) is 0. The number of benzene rings is 1. The molecule has 1 saturated carbocycles. The van der Waals surface area contributed by atoms with Gasteiger partial charge in [0, 0.05) is 18.0 Å². The first-order valence-corrected chi connectivity index (χ1v) is 9.62. The third kappa shape index (κ3) is 3.30. The third-order valence-electron chi connectivity index (χ3n) is 5.90. The smallest absolute Gasteiger partial charge is 0.154 e. The first-order valence-electron chi connectivity index (χ1n) is 9.62. The molecule has 2 aliphatic rings. The minimum Gasteiger partial charge on any atom is -0.389 e. The average molecular weight is 398 g/mol. The van der Waals surface area contributed by atoms with Crippen molar-refractivity contribution in [3.8, 4) is 18.2 Å². The normalized spacial score (nSPS) is 25.5. The second kappa shape index (κ2) is 7.64. The van der Waals surface area contributed by atoms with Gasteiger partial charge in [-0.2, -0.15) is 15.8 Å². The van der Waals surface area contributed by atoms with Crippen LogP contribution in [0.4, 0.5) is 0 Å². The molecule has 1 aromatic carbocycles. The molecule has 0 spiro atoms. The zero-order valence-electron chi connectivity index (χ0n) is 17.4. The molecule has 0 aromatic heterocycles.